The molecule has 1 N–H and O–H groups in total. The van der Waals surface area contributed by atoms with Crippen LogP contribution in [0.1, 0.15) is 6.92 Å². The Hall–Kier alpha value is -1.51. The van der Waals surface area contributed by atoms with Crippen LogP contribution in [0, 0.1) is 0 Å². The highest BCUT2D eigenvalue weighted by atomic mass is 32.3. The second-order valence-corrected chi connectivity index (χ2v) is 4.99. The van der Waals surface area contributed by atoms with Gasteiger partial charge in [-0.15, -0.1) is 0 Å². The van der Waals surface area contributed by atoms with E-state index in [1.165, 1.54) is 0 Å². The molecule has 0 amide bonds. The Morgan fingerprint density at radius 3 is 2.10 bits per heavy atom. The third kappa shape index (κ3) is 5.24. The van der Waals surface area contributed by atoms with Crippen LogP contribution in [-0.4, -0.2) is 46.9 Å². The second-order valence-electron chi connectivity index (χ2n) is 3.90. The molecule has 0 heterocycles. The lowest BCUT2D eigenvalue weighted by Gasteiger charge is -2.23. The van der Waals surface area contributed by atoms with E-state index in [4.69, 9.17) is 14.0 Å². The molecular formula is C12H19NO6S. The molecule has 0 aliphatic heterocycles. The van der Waals surface area contributed by atoms with Crippen LogP contribution in [0.4, 0.5) is 5.69 Å². The summed E-state index contributed by atoms with van der Waals surface area (Å²) in [5.41, 5.74) is 0.808. The number of hydrogen-bond acceptors (Lipinski definition) is 6. The maximum absolute atomic E-state index is 10.5. The first-order valence-corrected chi connectivity index (χ1v) is 7.36. The lowest BCUT2D eigenvalue weighted by atomic mass is 10.2. The van der Waals surface area contributed by atoms with Gasteiger partial charge >= 0.3 is 10.4 Å². The predicted molar refractivity (Wildman–Crippen MR) is 74.9 cm³/mol. The molecule has 1 rings (SSSR count). The number of anilines is 1. The van der Waals surface area contributed by atoms with E-state index in [1.54, 1.807) is 32.4 Å². The van der Waals surface area contributed by atoms with Crippen molar-refractivity contribution in [3.63, 3.8) is 0 Å². The quantitative estimate of drug-likeness (QED) is 0.725. The van der Waals surface area contributed by atoms with Gasteiger partial charge in [-0.1, -0.05) is 0 Å². The van der Waals surface area contributed by atoms with Crippen molar-refractivity contribution in [1.82, 2.24) is 0 Å². The van der Waals surface area contributed by atoms with Gasteiger partial charge in [0, 0.05) is 37.0 Å². The number of ether oxygens (including phenoxy) is 2. The molecule has 0 saturated carbocycles. The Kier molecular flexibility index (Phi) is 6.05. The molecular weight excluding hydrogens is 286 g/mol. The molecule has 114 valence electrons. The molecule has 1 aromatic rings. The summed E-state index contributed by atoms with van der Waals surface area (Å²) < 4.78 is 44.2. The summed E-state index contributed by atoms with van der Waals surface area (Å²) in [5.74, 6) is 1.27. The standard InChI is InChI=1S/C12H19NO6S/c1-4-13(5-6-19-20(14,15)16)10-7-11(17-2)9-12(8-10)18-3/h7-9H,4-6H2,1-3H3,(H,14,15,16). The predicted octanol–water partition coefficient (Wildman–Crippen LogP) is 1.35. The van der Waals surface area contributed by atoms with Gasteiger partial charge in [0.15, 0.2) is 0 Å². The Balaban J connectivity index is 2.83. The zero-order valence-corrected chi connectivity index (χ0v) is 12.5. The Morgan fingerprint density at radius 2 is 1.70 bits per heavy atom. The largest absolute Gasteiger partial charge is 0.497 e. The third-order valence-corrected chi connectivity index (χ3v) is 3.14. The van der Waals surface area contributed by atoms with Gasteiger partial charge in [-0.25, -0.2) is 4.18 Å². The van der Waals surface area contributed by atoms with Crippen LogP contribution >= 0.6 is 0 Å². The fraction of sp³-hybridized carbons (Fsp3) is 0.500. The van der Waals surface area contributed by atoms with E-state index >= 15 is 0 Å². The normalized spacial score (nSPS) is 11.2. The number of methoxy groups -OCH3 is 2. The van der Waals surface area contributed by atoms with Crippen molar-refractivity contribution >= 4 is 16.1 Å². The average molecular weight is 305 g/mol. The van der Waals surface area contributed by atoms with Gasteiger partial charge < -0.3 is 14.4 Å². The van der Waals surface area contributed by atoms with Crippen molar-refractivity contribution in [2.24, 2.45) is 0 Å². The second kappa shape index (κ2) is 7.32. The van der Waals surface area contributed by atoms with Gasteiger partial charge in [0.2, 0.25) is 0 Å². The molecule has 8 heteroatoms. The van der Waals surface area contributed by atoms with Crippen molar-refractivity contribution in [1.29, 1.82) is 0 Å². The van der Waals surface area contributed by atoms with Crippen LogP contribution in [0.3, 0.4) is 0 Å². The maximum atomic E-state index is 10.5. The summed E-state index contributed by atoms with van der Waals surface area (Å²) in [6, 6.07) is 5.35. The van der Waals surface area contributed by atoms with Gasteiger partial charge in [0.25, 0.3) is 0 Å². The first-order chi connectivity index (χ1) is 9.39. The van der Waals surface area contributed by atoms with Crippen molar-refractivity contribution in [3.05, 3.63) is 18.2 Å². The Morgan fingerprint density at radius 1 is 1.15 bits per heavy atom. The van der Waals surface area contributed by atoms with Gasteiger partial charge in [-0.05, 0) is 6.92 Å². The summed E-state index contributed by atoms with van der Waals surface area (Å²) in [5, 5.41) is 0. The molecule has 0 unspecified atom stereocenters. The van der Waals surface area contributed by atoms with Crippen LogP contribution < -0.4 is 14.4 Å². The highest BCUT2D eigenvalue weighted by Gasteiger charge is 2.11. The van der Waals surface area contributed by atoms with Crippen molar-refractivity contribution < 1.29 is 26.6 Å². The molecule has 0 atom stereocenters. The summed E-state index contributed by atoms with van der Waals surface area (Å²) in [7, 11) is -1.31. The minimum Gasteiger partial charge on any atom is -0.497 e. The molecule has 7 nitrogen and oxygen atoms in total. The molecule has 0 aliphatic rings. The number of rotatable bonds is 8. The topological polar surface area (TPSA) is 85.3 Å². The summed E-state index contributed by atoms with van der Waals surface area (Å²) in [6.07, 6.45) is 0. The first-order valence-electron chi connectivity index (χ1n) is 5.99. The van der Waals surface area contributed by atoms with E-state index in [0.717, 1.165) is 5.69 Å². The SMILES string of the molecule is CCN(CCOS(=O)(=O)O)c1cc(OC)cc(OC)c1. The van der Waals surface area contributed by atoms with E-state index in [0.29, 0.717) is 24.6 Å². The Bertz CT molecular complexity index is 508. The molecule has 0 bridgehead atoms. The smallest absolute Gasteiger partial charge is 0.397 e. The summed E-state index contributed by atoms with van der Waals surface area (Å²) in [4.78, 5) is 1.87. The van der Waals surface area contributed by atoms with E-state index in [-0.39, 0.29) is 6.61 Å². The molecule has 0 saturated heterocycles. The van der Waals surface area contributed by atoms with Crippen LogP contribution in [0.5, 0.6) is 11.5 Å². The lowest BCUT2D eigenvalue weighted by molar-refractivity contribution is 0.273. The van der Waals surface area contributed by atoms with Crippen LogP contribution in [0.2, 0.25) is 0 Å². The highest BCUT2D eigenvalue weighted by molar-refractivity contribution is 7.80. The number of hydrogen-bond donors (Lipinski definition) is 1. The van der Waals surface area contributed by atoms with Gasteiger partial charge in [0.1, 0.15) is 11.5 Å². The van der Waals surface area contributed by atoms with Crippen LogP contribution in [-0.2, 0) is 14.6 Å². The molecule has 1 aromatic carbocycles. The third-order valence-electron chi connectivity index (χ3n) is 2.68. The number of benzene rings is 1. The van der Waals surface area contributed by atoms with Gasteiger partial charge in [-0.3, -0.25) is 4.55 Å². The molecule has 0 fully saturated rings. The first kappa shape index (κ1) is 16.5. The van der Waals surface area contributed by atoms with Gasteiger partial charge in [0.05, 0.1) is 20.8 Å². The van der Waals surface area contributed by atoms with E-state index < -0.39 is 10.4 Å². The van der Waals surface area contributed by atoms with Gasteiger partial charge in [-0.2, -0.15) is 8.42 Å². The zero-order valence-electron chi connectivity index (χ0n) is 11.7. The highest BCUT2D eigenvalue weighted by Crippen LogP contribution is 2.28. The summed E-state index contributed by atoms with van der Waals surface area (Å²) in [6.45, 7) is 2.70. The maximum Gasteiger partial charge on any atom is 0.397 e. The molecule has 0 aromatic heterocycles. The average Bonchev–Trinajstić information content (AvgIpc) is 2.41. The van der Waals surface area contributed by atoms with Crippen LogP contribution in [0.25, 0.3) is 0 Å². The van der Waals surface area contributed by atoms with Crippen LogP contribution in [0.15, 0.2) is 18.2 Å². The van der Waals surface area contributed by atoms with E-state index in [2.05, 4.69) is 4.18 Å². The zero-order chi connectivity index (χ0) is 15.2. The molecule has 0 radical (unpaired) electrons. The molecule has 0 aliphatic carbocycles. The van der Waals surface area contributed by atoms with Crippen molar-refractivity contribution in [2.75, 3.05) is 38.8 Å². The monoisotopic (exact) mass is 305 g/mol. The van der Waals surface area contributed by atoms with Crippen molar-refractivity contribution in [2.45, 2.75) is 6.92 Å². The number of nitrogens with zero attached hydrogens (tertiary/aromatic N) is 1. The molecule has 20 heavy (non-hydrogen) atoms. The summed E-state index contributed by atoms with van der Waals surface area (Å²) >= 11 is 0. The molecule has 0 spiro atoms. The fourth-order valence-corrected chi connectivity index (χ4v) is 1.98. The Labute approximate surface area is 119 Å². The van der Waals surface area contributed by atoms with E-state index in [9.17, 15) is 8.42 Å². The van der Waals surface area contributed by atoms with E-state index in [1.807, 2.05) is 11.8 Å². The lowest BCUT2D eigenvalue weighted by Crippen LogP contribution is -2.28. The minimum atomic E-state index is -4.41. The fourth-order valence-electron chi connectivity index (χ4n) is 1.70. The van der Waals surface area contributed by atoms with Crippen molar-refractivity contribution in [3.8, 4) is 11.5 Å². The minimum absolute atomic E-state index is 0.147. The number of likely N-dealkylation sites (N-methyl/N-ethyl adjacent to an activating group) is 1.